The van der Waals surface area contributed by atoms with Crippen LogP contribution in [-0.2, 0) is 4.74 Å². The minimum absolute atomic E-state index is 0.563. The summed E-state index contributed by atoms with van der Waals surface area (Å²) in [6.07, 6.45) is 3.08. The molecule has 0 rings (SSSR count). The van der Waals surface area contributed by atoms with E-state index in [0.29, 0.717) is 5.82 Å². The third kappa shape index (κ3) is 5.28. The Labute approximate surface area is 80.7 Å². The van der Waals surface area contributed by atoms with Crippen LogP contribution in [0.1, 0.15) is 40.0 Å². The molecule has 0 radical (unpaired) electrons. The van der Waals surface area contributed by atoms with E-state index in [1.807, 2.05) is 13.8 Å². The Hall–Kier alpha value is -0.990. The molecule has 0 atom stereocenters. The van der Waals surface area contributed by atoms with E-state index in [2.05, 4.69) is 11.9 Å². The van der Waals surface area contributed by atoms with Gasteiger partial charge in [0.05, 0.1) is 7.11 Å². The lowest BCUT2D eigenvalue weighted by Gasteiger charge is -2.04. The number of hydrogen-bond acceptors (Lipinski definition) is 3. The third-order valence-corrected chi connectivity index (χ3v) is 1.74. The summed E-state index contributed by atoms with van der Waals surface area (Å²) in [6, 6.07) is 0. The Morgan fingerprint density at radius 1 is 1.38 bits per heavy atom. The Kier molecular flexibility index (Phi) is 6.02. The molecule has 0 unspecified atom stereocenters. The first kappa shape index (κ1) is 12.0. The van der Waals surface area contributed by atoms with Gasteiger partial charge >= 0.3 is 0 Å². The van der Waals surface area contributed by atoms with E-state index in [4.69, 9.17) is 10.5 Å². The Morgan fingerprint density at radius 2 is 2.00 bits per heavy atom. The number of hydrogen-bond donors (Lipinski definition) is 1. The fourth-order valence-electron chi connectivity index (χ4n) is 0.778. The zero-order chi connectivity index (χ0) is 10.3. The molecule has 0 aliphatic heterocycles. The summed E-state index contributed by atoms with van der Waals surface area (Å²) in [5.74, 6) is 1.29. The zero-order valence-electron chi connectivity index (χ0n) is 9.05. The van der Waals surface area contributed by atoms with Gasteiger partial charge in [-0.15, -0.1) is 0 Å². The van der Waals surface area contributed by atoms with Gasteiger partial charge in [-0.05, 0) is 25.8 Å². The van der Waals surface area contributed by atoms with Crippen molar-refractivity contribution in [3.05, 3.63) is 11.4 Å². The van der Waals surface area contributed by atoms with E-state index < -0.39 is 0 Å². The minimum atomic E-state index is 0.563. The largest absolute Gasteiger partial charge is 0.484 e. The molecule has 0 spiro atoms. The fraction of sp³-hybridized carbons (Fsp3) is 0.700. The first-order valence-corrected chi connectivity index (χ1v) is 4.66. The van der Waals surface area contributed by atoms with Gasteiger partial charge in [0, 0.05) is 6.42 Å². The number of ether oxygens (including phenoxy) is 1. The van der Waals surface area contributed by atoms with Crippen LogP contribution in [0.25, 0.3) is 0 Å². The lowest BCUT2D eigenvalue weighted by molar-refractivity contribution is 0.387. The summed E-state index contributed by atoms with van der Waals surface area (Å²) >= 11 is 0. The first-order chi connectivity index (χ1) is 6.11. The monoisotopic (exact) mass is 184 g/mol. The van der Waals surface area contributed by atoms with Crippen LogP contribution in [0.15, 0.2) is 16.4 Å². The van der Waals surface area contributed by atoms with Gasteiger partial charge in [0.15, 0.2) is 5.90 Å². The van der Waals surface area contributed by atoms with Crippen molar-refractivity contribution in [2.75, 3.05) is 7.11 Å². The van der Waals surface area contributed by atoms with Gasteiger partial charge in [-0.25, -0.2) is 4.99 Å². The second-order valence-electron chi connectivity index (χ2n) is 3.20. The second-order valence-corrected chi connectivity index (χ2v) is 3.20. The smallest absolute Gasteiger partial charge is 0.189 e. The van der Waals surface area contributed by atoms with Crippen molar-refractivity contribution in [2.24, 2.45) is 10.7 Å². The number of methoxy groups -OCH3 is 1. The molecule has 0 aliphatic carbocycles. The van der Waals surface area contributed by atoms with Gasteiger partial charge in [0.2, 0.25) is 0 Å². The van der Waals surface area contributed by atoms with Crippen LogP contribution in [0.2, 0.25) is 0 Å². The number of rotatable bonds is 4. The molecule has 2 N–H and O–H groups in total. The van der Waals surface area contributed by atoms with Crippen LogP contribution >= 0.6 is 0 Å². The van der Waals surface area contributed by atoms with Gasteiger partial charge in [0.1, 0.15) is 5.82 Å². The first-order valence-electron chi connectivity index (χ1n) is 4.66. The van der Waals surface area contributed by atoms with E-state index in [1.54, 1.807) is 7.11 Å². The Bertz CT molecular complexity index is 203. The number of nitrogens with zero attached hydrogens (tertiary/aromatic N) is 1. The molecule has 3 nitrogen and oxygen atoms in total. The highest BCUT2D eigenvalue weighted by atomic mass is 16.5. The lowest BCUT2D eigenvalue weighted by atomic mass is 10.2. The summed E-state index contributed by atoms with van der Waals surface area (Å²) in [7, 11) is 1.63. The van der Waals surface area contributed by atoms with Gasteiger partial charge in [0.25, 0.3) is 0 Å². The number of unbranched alkanes of at least 4 members (excludes halogenated alkanes) is 1. The highest BCUT2D eigenvalue weighted by Gasteiger charge is 1.98. The summed E-state index contributed by atoms with van der Waals surface area (Å²) < 4.78 is 5.11. The maximum atomic E-state index is 5.68. The van der Waals surface area contributed by atoms with Crippen LogP contribution in [0, 0.1) is 0 Å². The molecular weight excluding hydrogens is 164 g/mol. The molecule has 76 valence electrons. The van der Waals surface area contributed by atoms with Crippen LogP contribution < -0.4 is 5.73 Å². The van der Waals surface area contributed by atoms with Crippen molar-refractivity contribution >= 4 is 5.90 Å². The van der Waals surface area contributed by atoms with E-state index in [-0.39, 0.29) is 0 Å². The molecule has 0 amide bonds. The van der Waals surface area contributed by atoms with Crippen molar-refractivity contribution in [3.63, 3.8) is 0 Å². The maximum Gasteiger partial charge on any atom is 0.189 e. The van der Waals surface area contributed by atoms with Crippen molar-refractivity contribution in [2.45, 2.75) is 40.0 Å². The van der Waals surface area contributed by atoms with Crippen LogP contribution in [0.5, 0.6) is 0 Å². The molecule has 0 aliphatic rings. The van der Waals surface area contributed by atoms with E-state index >= 15 is 0 Å². The van der Waals surface area contributed by atoms with Gasteiger partial charge < -0.3 is 10.5 Å². The Balaban J connectivity index is 4.30. The third-order valence-electron chi connectivity index (χ3n) is 1.74. The number of nitrogens with two attached hydrogens (primary N) is 1. The lowest BCUT2D eigenvalue weighted by Crippen LogP contribution is -2.06. The number of aliphatic imine (C=N–C) groups is 1. The minimum Gasteiger partial charge on any atom is -0.484 e. The topological polar surface area (TPSA) is 47.6 Å². The Morgan fingerprint density at radius 3 is 2.38 bits per heavy atom. The average Bonchev–Trinajstić information content (AvgIpc) is 2.11. The molecule has 0 aromatic heterocycles. The molecule has 13 heavy (non-hydrogen) atoms. The molecule has 0 saturated heterocycles. The fourth-order valence-corrected chi connectivity index (χ4v) is 0.778. The second kappa shape index (κ2) is 6.52. The SMILES string of the molecule is CCCCC(=NC(N)=C(C)C)OC. The normalized spacial score (nSPS) is 11.2. The average molecular weight is 184 g/mol. The summed E-state index contributed by atoms with van der Waals surface area (Å²) in [4.78, 5) is 4.18. The van der Waals surface area contributed by atoms with Crippen LogP contribution in [0.3, 0.4) is 0 Å². The van der Waals surface area contributed by atoms with Gasteiger partial charge in [-0.2, -0.15) is 0 Å². The highest BCUT2D eigenvalue weighted by molar-refractivity contribution is 5.76. The summed E-state index contributed by atoms with van der Waals surface area (Å²) in [5.41, 5.74) is 6.70. The van der Waals surface area contributed by atoms with Crippen molar-refractivity contribution in [3.8, 4) is 0 Å². The predicted molar refractivity (Wildman–Crippen MR) is 56.5 cm³/mol. The molecule has 0 aromatic carbocycles. The quantitative estimate of drug-likeness (QED) is 0.539. The predicted octanol–water partition coefficient (Wildman–Crippen LogP) is 2.43. The van der Waals surface area contributed by atoms with E-state index in [9.17, 15) is 0 Å². The molecule has 0 fully saturated rings. The molecule has 0 aromatic rings. The molecule has 3 heteroatoms. The molecule has 0 heterocycles. The molecular formula is C10H20N2O. The highest BCUT2D eigenvalue weighted by Crippen LogP contribution is 2.03. The van der Waals surface area contributed by atoms with Crippen molar-refractivity contribution < 1.29 is 4.74 Å². The molecule has 0 saturated carbocycles. The van der Waals surface area contributed by atoms with Gasteiger partial charge in [-0.3, -0.25) is 0 Å². The zero-order valence-corrected chi connectivity index (χ0v) is 9.05. The standard InChI is InChI=1S/C10H20N2O/c1-5-6-7-9(13-4)12-10(11)8(2)3/h5-7,11H2,1-4H3. The van der Waals surface area contributed by atoms with E-state index in [0.717, 1.165) is 30.7 Å². The number of allylic oxidation sites excluding steroid dienone is 1. The van der Waals surface area contributed by atoms with Crippen molar-refractivity contribution in [1.82, 2.24) is 0 Å². The summed E-state index contributed by atoms with van der Waals surface area (Å²) in [5, 5.41) is 0. The maximum absolute atomic E-state index is 5.68. The van der Waals surface area contributed by atoms with Crippen molar-refractivity contribution in [1.29, 1.82) is 0 Å². The summed E-state index contributed by atoms with van der Waals surface area (Å²) in [6.45, 7) is 6.01. The van der Waals surface area contributed by atoms with E-state index in [1.165, 1.54) is 0 Å². The molecule has 0 bridgehead atoms. The van der Waals surface area contributed by atoms with Crippen LogP contribution in [0.4, 0.5) is 0 Å². The van der Waals surface area contributed by atoms with Crippen LogP contribution in [-0.4, -0.2) is 13.0 Å². The van der Waals surface area contributed by atoms with Gasteiger partial charge in [-0.1, -0.05) is 13.3 Å².